The molecule has 1 heterocycles. The van der Waals surface area contributed by atoms with Crippen molar-refractivity contribution >= 4 is 11.8 Å². The predicted octanol–water partition coefficient (Wildman–Crippen LogP) is 4.13. The van der Waals surface area contributed by atoms with Gasteiger partial charge in [-0.15, -0.1) is 0 Å². The molecule has 4 nitrogen and oxygen atoms in total. The van der Waals surface area contributed by atoms with Gasteiger partial charge in [0.05, 0.1) is 0 Å². The third kappa shape index (κ3) is 4.93. The number of rotatable bonds is 3. The molecular formula is C18H28N2O2. The summed E-state index contributed by atoms with van der Waals surface area (Å²) < 4.78 is 5.49. The van der Waals surface area contributed by atoms with E-state index in [4.69, 9.17) is 4.74 Å². The number of nitrogens with zero attached hydrogens (tertiary/aromatic N) is 1. The predicted molar refractivity (Wildman–Crippen MR) is 90.1 cm³/mol. The van der Waals surface area contributed by atoms with Gasteiger partial charge in [0.2, 0.25) is 0 Å². The van der Waals surface area contributed by atoms with Crippen LogP contribution in [0.25, 0.3) is 0 Å². The Labute approximate surface area is 133 Å². The second-order valence-electron chi connectivity index (χ2n) is 7.13. The fourth-order valence-corrected chi connectivity index (χ4v) is 2.83. The lowest BCUT2D eigenvalue weighted by molar-refractivity contribution is 0.0159. The summed E-state index contributed by atoms with van der Waals surface area (Å²) in [5.41, 5.74) is 0.696. The zero-order valence-corrected chi connectivity index (χ0v) is 14.1. The van der Waals surface area contributed by atoms with Crippen molar-refractivity contribution in [3.05, 3.63) is 30.3 Å². The molecule has 1 aliphatic heterocycles. The molecule has 2 rings (SSSR count). The van der Waals surface area contributed by atoms with Gasteiger partial charge in [0.1, 0.15) is 5.60 Å². The van der Waals surface area contributed by atoms with E-state index in [2.05, 4.69) is 24.4 Å². The lowest BCUT2D eigenvalue weighted by Gasteiger charge is -2.37. The minimum absolute atomic E-state index is 0.191. The van der Waals surface area contributed by atoms with Crippen LogP contribution in [0.5, 0.6) is 0 Å². The van der Waals surface area contributed by atoms with E-state index in [0.29, 0.717) is 12.0 Å². The molecule has 0 radical (unpaired) electrons. The topological polar surface area (TPSA) is 41.6 Å². The summed E-state index contributed by atoms with van der Waals surface area (Å²) in [4.78, 5) is 14.1. The zero-order chi connectivity index (χ0) is 16.2. The monoisotopic (exact) mass is 304 g/mol. The quantitative estimate of drug-likeness (QED) is 0.912. The van der Waals surface area contributed by atoms with Crippen LogP contribution in [-0.2, 0) is 4.74 Å². The van der Waals surface area contributed by atoms with Crippen LogP contribution in [0, 0.1) is 5.92 Å². The third-order valence-corrected chi connectivity index (χ3v) is 3.98. The van der Waals surface area contributed by atoms with Crippen LogP contribution in [0.3, 0.4) is 0 Å². The molecule has 1 N–H and O–H groups in total. The van der Waals surface area contributed by atoms with Gasteiger partial charge in [-0.05, 0) is 58.6 Å². The molecule has 1 saturated heterocycles. The Morgan fingerprint density at radius 1 is 1.32 bits per heavy atom. The first-order chi connectivity index (χ1) is 10.3. The second-order valence-corrected chi connectivity index (χ2v) is 7.13. The maximum atomic E-state index is 12.2. The molecule has 0 unspecified atom stereocenters. The van der Waals surface area contributed by atoms with Gasteiger partial charge in [-0.3, -0.25) is 0 Å². The summed E-state index contributed by atoms with van der Waals surface area (Å²) in [7, 11) is 0. The van der Waals surface area contributed by atoms with E-state index in [9.17, 15) is 4.79 Å². The van der Waals surface area contributed by atoms with E-state index in [1.165, 1.54) is 0 Å². The molecule has 0 aliphatic carbocycles. The summed E-state index contributed by atoms with van der Waals surface area (Å²) in [5, 5.41) is 3.54. The maximum absolute atomic E-state index is 12.2. The average Bonchev–Trinajstić information content (AvgIpc) is 2.46. The molecule has 1 amide bonds. The van der Waals surface area contributed by atoms with E-state index in [-0.39, 0.29) is 6.09 Å². The summed E-state index contributed by atoms with van der Waals surface area (Å²) in [5.74, 6) is 0.446. The first-order valence-corrected chi connectivity index (χ1v) is 8.14. The number of carbonyl (C=O) groups is 1. The number of hydrogen-bond donors (Lipinski definition) is 1. The molecule has 1 aromatic carbocycles. The summed E-state index contributed by atoms with van der Waals surface area (Å²) in [6, 6.07) is 10.6. The highest BCUT2D eigenvalue weighted by Gasteiger charge is 2.30. The van der Waals surface area contributed by atoms with Crippen LogP contribution in [0.1, 0.15) is 40.5 Å². The SMILES string of the molecule is C[C@H](Nc1ccccc1)[C@H]1CCCN(C(=O)OC(C)(C)C)C1. The van der Waals surface area contributed by atoms with Crippen LogP contribution in [0.2, 0.25) is 0 Å². The number of ether oxygens (including phenoxy) is 1. The number of piperidine rings is 1. The number of amides is 1. The molecule has 0 aromatic heterocycles. The van der Waals surface area contributed by atoms with E-state index in [0.717, 1.165) is 31.6 Å². The lowest BCUT2D eigenvalue weighted by Crippen LogP contribution is -2.46. The van der Waals surface area contributed by atoms with Crippen molar-refractivity contribution in [3.8, 4) is 0 Å². The Morgan fingerprint density at radius 3 is 2.64 bits per heavy atom. The molecule has 0 bridgehead atoms. The van der Waals surface area contributed by atoms with Crippen LogP contribution >= 0.6 is 0 Å². The standard InChI is InChI=1S/C18H28N2O2/c1-14(19-16-10-6-5-7-11-16)15-9-8-12-20(13-15)17(21)22-18(2,3)4/h5-7,10-11,14-15,19H,8-9,12-13H2,1-4H3/t14-,15-/m0/s1. The molecule has 122 valence electrons. The van der Waals surface area contributed by atoms with E-state index < -0.39 is 5.60 Å². The summed E-state index contributed by atoms with van der Waals surface area (Å²) in [6.45, 7) is 9.47. The average molecular weight is 304 g/mol. The Balaban J connectivity index is 1.91. The van der Waals surface area contributed by atoms with Crippen molar-refractivity contribution in [1.29, 1.82) is 0 Å². The van der Waals surface area contributed by atoms with Crippen molar-refractivity contribution in [1.82, 2.24) is 4.90 Å². The largest absolute Gasteiger partial charge is 0.444 e. The van der Waals surface area contributed by atoms with Crippen LogP contribution in [0.15, 0.2) is 30.3 Å². The van der Waals surface area contributed by atoms with E-state index >= 15 is 0 Å². The number of likely N-dealkylation sites (tertiary alicyclic amines) is 1. The number of nitrogens with one attached hydrogen (secondary N) is 1. The number of anilines is 1. The van der Waals surface area contributed by atoms with Gasteiger partial charge in [0.15, 0.2) is 0 Å². The smallest absolute Gasteiger partial charge is 0.410 e. The maximum Gasteiger partial charge on any atom is 0.410 e. The Hall–Kier alpha value is -1.71. The summed E-state index contributed by atoms with van der Waals surface area (Å²) in [6.07, 6.45) is 1.98. The Bertz CT molecular complexity index is 482. The highest BCUT2D eigenvalue weighted by molar-refractivity contribution is 5.68. The van der Waals surface area contributed by atoms with Crippen molar-refractivity contribution in [2.24, 2.45) is 5.92 Å². The van der Waals surface area contributed by atoms with Crippen LogP contribution < -0.4 is 5.32 Å². The van der Waals surface area contributed by atoms with Crippen molar-refractivity contribution in [3.63, 3.8) is 0 Å². The normalized spacial score (nSPS) is 20.4. The number of hydrogen-bond acceptors (Lipinski definition) is 3. The minimum Gasteiger partial charge on any atom is -0.444 e. The molecule has 1 aromatic rings. The highest BCUT2D eigenvalue weighted by atomic mass is 16.6. The van der Waals surface area contributed by atoms with Gasteiger partial charge < -0.3 is 15.0 Å². The zero-order valence-electron chi connectivity index (χ0n) is 14.1. The third-order valence-electron chi connectivity index (χ3n) is 3.98. The number of benzene rings is 1. The van der Waals surface area contributed by atoms with Crippen molar-refractivity contribution in [2.75, 3.05) is 18.4 Å². The second kappa shape index (κ2) is 7.03. The van der Waals surface area contributed by atoms with Gasteiger partial charge in [-0.2, -0.15) is 0 Å². The number of carbonyl (C=O) groups excluding carboxylic acids is 1. The van der Waals surface area contributed by atoms with Gasteiger partial charge in [0.25, 0.3) is 0 Å². The highest BCUT2D eigenvalue weighted by Crippen LogP contribution is 2.23. The molecular weight excluding hydrogens is 276 g/mol. The molecule has 1 aliphatic rings. The minimum atomic E-state index is -0.433. The fourth-order valence-electron chi connectivity index (χ4n) is 2.83. The lowest BCUT2D eigenvalue weighted by atomic mass is 9.91. The van der Waals surface area contributed by atoms with Crippen molar-refractivity contribution in [2.45, 2.75) is 52.2 Å². The van der Waals surface area contributed by atoms with Gasteiger partial charge in [-0.1, -0.05) is 18.2 Å². The van der Waals surface area contributed by atoms with Crippen molar-refractivity contribution < 1.29 is 9.53 Å². The Kier molecular flexibility index (Phi) is 5.33. The Morgan fingerprint density at radius 2 is 2.00 bits per heavy atom. The van der Waals surface area contributed by atoms with Crippen LogP contribution in [-0.4, -0.2) is 35.7 Å². The van der Waals surface area contributed by atoms with E-state index in [1.807, 2.05) is 43.9 Å². The molecule has 4 heteroatoms. The fraction of sp³-hybridized carbons (Fsp3) is 0.611. The summed E-state index contributed by atoms with van der Waals surface area (Å²) >= 11 is 0. The molecule has 2 atom stereocenters. The van der Waals surface area contributed by atoms with Gasteiger partial charge >= 0.3 is 6.09 Å². The van der Waals surface area contributed by atoms with Gasteiger partial charge in [-0.25, -0.2) is 4.79 Å². The van der Waals surface area contributed by atoms with Crippen LogP contribution in [0.4, 0.5) is 10.5 Å². The first kappa shape index (κ1) is 16.7. The number of para-hydroxylation sites is 1. The van der Waals surface area contributed by atoms with Gasteiger partial charge in [0, 0.05) is 24.8 Å². The molecule has 0 spiro atoms. The molecule has 22 heavy (non-hydrogen) atoms. The first-order valence-electron chi connectivity index (χ1n) is 8.14. The molecule has 0 saturated carbocycles. The van der Waals surface area contributed by atoms with E-state index in [1.54, 1.807) is 0 Å². The molecule has 1 fully saturated rings.